The Morgan fingerprint density at radius 2 is 2.60 bits per heavy atom. The van der Waals surface area contributed by atoms with Gasteiger partial charge in [-0.25, -0.2) is 4.98 Å². The third kappa shape index (κ3) is 4.16. The number of aromatic nitrogens is 1. The molecule has 0 spiro atoms. The van der Waals surface area contributed by atoms with Crippen LogP contribution in [0, 0.1) is 5.92 Å². The monoisotopic (exact) mass is 299 g/mol. The lowest BCUT2D eigenvalue weighted by Gasteiger charge is -2.29. The van der Waals surface area contributed by atoms with E-state index in [1.54, 1.807) is 6.20 Å². The van der Waals surface area contributed by atoms with Crippen molar-refractivity contribution in [3.05, 3.63) is 11.1 Å². The van der Waals surface area contributed by atoms with Crippen LogP contribution in [0.4, 0.5) is 5.13 Å². The molecule has 0 aliphatic carbocycles. The molecule has 1 fully saturated rings. The standard InChI is InChI=1S/C13H21N3O3S/c1-2-19-12(17)11(9-4-3-5-18-8-9)15-6-10-7-16-13(14)20-10/h7,9,11,15H,2-6,8H2,1H3,(H2,14,16). The first-order chi connectivity index (χ1) is 9.70. The second kappa shape index (κ2) is 7.56. The van der Waals surface area contributed by atoms with E-state index in [9.17, 15) is 4.79 Å². The smallest absolute Gasteiger partial charge is 0.323 e. The lowest BCUT2D eigenvalue weighted by Crippen LogP contribution is -2.46. The molecule has 0 saturated carbocycles. The lowest BCUT2D eigenvalue weighted by molar-refractivity contribution is -0.148. The number of ether oxygens (including phenoxy) is 2. The SMILES string of the molecule is CCOC(=O)C(NCc1cnc(N)s1)C1CCCOC1. The van der Waals surface area contributed by atoms with Crippen LogP contribution in [0.1, 0.15) is 24.6 Å². The molecule has 1 saturated heterocycles. The number of nitrogens with zero attached hydrogens (tertiary/aromatic N) is 1. The van der Waals surface area contributed by atoms with Crippen molar-refractivity contribution in [3.63, 3.8) is 0 Å². The minimum Gasteiger partial charge on any atom is -0.465 e. The number of hydrogen-bond acceptors (Lipinski definition) is 7. The van der Waals surface area contributed by atoms with E-state index in [1.807, 2.05) is 6.92 Å². The van der Waals surface area contributed by atoms with Crippen LogP contribution in [0.3, 0.4) is 0 Å². The van der Waals surface area contributed by atoms with Gasteiger partial charge in [0.15, 0.2) is 5.13 Å². The zero-order valence-corrected chi connectivity index (χ0v) is 12.4. The van der Waals surface area contributed by atoms with Crippen LogP contribution in [0.5, 0.6) is 0 Å². The summed E-state index contributed by atoms with van der Waals surface area (Å²) in [6.07, 6.45) is 3.68. The first-order valence-electron chi connectivity index (χ1n) is 6.88. The first kappa shape index (κ1) is 15.2. The number of thiazole rings is 1. The molecule has 2 atom stereocenters. The third-order valence-corrected chi connectivity index (χ3v) is 4.10. The van der Waals surface area contributed by atoms with Gasteiger partial charge in [-0.15, -0.1) is 11.3 Å². The molecule has 0 bridgehead atoms. The van der Waals surface area contributed by atoms with Crippen molar-refractivity contribution in [2.24, 2.45) is 5.92 Å². The number of hydrogen-bond donors (Lipinski definition) is 2. The highest BCUT2D eigenvalue weighted by Crippen LogP contribution is 2.20. The molecule has 0 radical (unpaired) electrons. The molecule has 3 N–H and O–H groups in total. The molecular weight excluding hydrogens is 278 g/mol. The number of carbonyl (C=O) groups excluding carboxylic acids is 1. The van der Waals surface area contributed by atoms with E-state index in [0.29, 0.717) is 24.9 Å². The van der Waals surface area contributed by atoms with Gasteiger partial charge in [-0.1, -0.05) is 0 Å². The Bertz CT molecular complexity index is 432. The maximum absolute atomic E-state index is 12.1. The number of nitrogen functional groups attached to an aromatic ring is 1. The number of nitrogens with two attached hydrogens (primary N) is 1. The van der Waals surface area contributed by atoms with Crippen LogP contribution in [0.25, 0.3) is 0 Å². The van der Waals surface area contributed by atoms with Crippen molar-refractivity contribution in [2.75, 3.05) is 25.6 Å². The molecular formula is C13H21N3O3S. The van der Waals surface area contributed by atoms with Crippen LogP contribution in [0.15, 0.2) is 6.20 Å². The van der Waals surface area contributed by atoms with Crippen LogP contribution in [-0.4, -0.2) is 36.8 Å². The second-order valence-electron chi connectivity index (χ2n) is 4.75. The molecule has 2 heterocycles. The van der Waals surface area contributed by atoms with Gasteiger partial charge in [0, 0.05) is 30.1 Å². The van der Waals surface area contributed by atoms with Gasteiger partial charge in [0.05, 0.1) is 13.2 Å². The van der Waals surface area contributed by atoms with Crippen LogP contribution < -0.4 is 11.1 Å². The van der Waals surface area contributed by atoms with E-state index in [-0.39, 0.29) is 17.9 Å². The number of anilines is 1. The van der Waals surface area contributed by atoms with Gasteiger partial charge in [0.1, 0.15) is 6.04 Å². The highest BCUT2D eigenvalue weighted by Gasteiger charge is 2.30. The third-order valence-electron chi connectivity index (χ3n) is 3.28. The Kier molecular flexibility index (Phi) is 5.75. The largest absolute Gasteiger partial charge is 0.465 e. The quantitative estimate of drug-likeness (QED) is 0.767. The summed E-state index contributed by atoms with van der Waals surface area (Å²) in [4.78, 5) is 17.1. The molecule has 7 heteroatoms. The van der Waals surface area contributed by atoms with Crippen LogP contribution in [-0.2, 0) is 20.8 Å². The van der Waals surface area contributed by atoms with Gasteiger partial charge in [-0.05, 0) is 19.8 Å². The zero-order chi connectivity index (χ0) is 14.4. The lowest BCUT2D eigenvalue weighted by atomic mass is 9.93. The fraction of sp³-hybridized carbons (Fsp3) is 0.692. The fourth-order valence-corrected chi connectivity index (χ4v) is 2.95. The molecule has 2 unspecified atom stereocenters. The molecule has 1 aromatic rings. The molecule has 2 rings (SSSR count). The van der Waals surface area contributed by atoms with E-state index >= 15 is 0 Å². The van der Waals surface area contributed by atoms with Gasteiger partial charge in [0.2, 0.25) is 0 Å². The van der Waals surface area contributed by atoms with Crippen LogP contribution in [0.2, 0.25) is 0 Å². The normalized spacial score (nSPS) is 20.6. The average Bonchev–Trinajstić information content (AvgIpc) is 2.86. The zero-order valence-electron chi connectivity index (χ0n) is 11.6. The van der Waals surface area contributed by atoms with Crippen molar-refractivity contribution >= 4 is 22.4 Å². The summed E-state index contributed by atoms with van der Waals surface area (Å²) in [5.74, 6) is -0.0476. The van der Waals surface area contributed by atoms with Gasteiger partial charge in [-0.2, -0.15) is 0 Å². The average molecular weight is 299 g/mol. The minimum atomic E-state index is -0.335. The highest BCUT2D eigenvalue weighted by molar-refractivity contribution is 7.15. The number of esters is 1. The molecule has 0 aromatic carbocycles. The Labute approximate surface area is 122 Å². The fourth-order valence-electron chi connectivity index (χ4n) is 2.32. The molecule has 1 aliphatic heterocycles. The maximum Gasteiger partial charge on any atom is 0.323 e. The van der Waals surface area contributed by atoms with E-state index in [0.717, 1.165) is 24.3 Å². The molecule has 1 aliphatic rings. The van der Waals surface area contributed by atoms with E-state index in [2.05, 4.69) is 10.3 Å². The summed E-state index contributed by atoms with van der Waals surface area (Å²) in [7, 11) is 0. The van der Waals surface area contributed by atoms with Crippen molar-refractivity contribution in [1.82, 2.24) is 10.3 Å². The molecule has 1 aromatic heterocycles. The number of carbonyl (C=O) groups is 1. The van der Waals surface area contributed by atoms with Crippen molar-refractivity contribution in [3.8, 4) is 0 Å². The summed E-state index contributed by atoms with van der Waals surface area (Å²) in [6.45, 7) is 4.14. The summed E-state index contributed by atoms with van der Waals surface area (Å²) in [5.41, 5.74) is 5.60. The van der Waals surface area contributed by atoms with Crippen molar-refractivity contribution < 1.29 is 14.3 Å². The molecule has 6 nitrogen and oxygen atoms in total. The summed E-state index contributed by atoms with van der Waals surface area (Å²) in [6, 6.07) is -0.335. The van der Waals surface area contributed by atoms with Gasteiger partial charge < -0.3 is 15.2 Å². The number of rotatable bonds is 6. The van der Waals surface area contributed by atoms with Gasteiger partial charge in [-0.3, -0.25) is 10.1 Å². The summed E-state index contributed by atoms with van der Waals surface area (Å²) >= 11 is 1.42. The Morgan fingerprint density at radius 1 is 1.75 bits per heavy atom. The second-order valence-corrected chi connectivity index (χ2v) is 5.90. The maximum atomic E-state index is 12.1. The molecule has 20 heavy (non-hydrogen) atoms. The minimum absolute atomic E-state index is 0.160. The summed E-state index contributed by atoms with van der Waals surface area (Å²) < 4.78 is 10.6. The predicted molar refractivity (Wildman–Crippen MR) is 77.3 cm³/mol. The molecule has 0 amide bonds. The van der Waals surface area contributed by atoms with E-state index in [1.165, 1.54) is 11.3 Å². The van der Waals surface area contributed by atoms with Crippen molar-refractivity contribution in [2.45, 2.75) is 32.4 Å². The van der Waals surface area contributed by atoms with Gasteiger partial charge in [0.25, 0.3) is 0 Å². The Balaban J connectivity index is 1.95. The molecule has 112 valence electrons. The topological polar surface area (TPSA) is 86.5 Å². The highest BCUT2D eigenvalue weighted by atomic mass is 32.1. The van der Waals surface area contributed by atoms with Crippen LogP contribution >= 0.6 is 11.3 Å². The predicted octanol–water partition coefficient (Wildman–Crippen LogP) is 1.17. The Hall–Kier alpha value is -1.18. The van der Waals surface area contributed by atoms with Gasteiger partial charge >= 0.3 is 5.97 Å². The summed E-state index contributed by atoms with van der Waals surface area (Å²) in [5, 5.41) is 3.80. The number of nitrogens with one attached hydrogen (secondary N) is 1. The first-order valence-corrected chi connectivity index (χ1v) is 7.70. The van der Waals surface area contributed by atoms with Crippen molar-refractivity contribution in [1.29, 1.82) is 0 Å². The Morgan fingerprint density at radius 3 is 3.20 bits per heavy atom. The van der Waals surface area contributed by atoms with E-state index < -0.39 is 0 Å². The van der Waals surface area contributed by atoms with E-state index in [4.69, 9.17) is 15.2 Å².